The number of phosphoric ester groups is 1. The molecule has 0 heterocycles. The third kappa shape index (κ3) is 22.3. The van der Waals surface area contributed by atoms with Crippen LogP contribution in [0.4, 0.5) is 0 Å². The Morgan fingerprint density at radius 2 is 1.52 bits per heavy atom. The molecular formula is C36H65O13P. The first-order valence-corrected chi connectivity index (χ1v) is 19.9. The van der Waals surface area contributed by atoms with Crippen LogP contribution in [0.2, 0.25) is 0 Å². The highest BCUT2D eigenvalue weighted by Gasteiger charge is 2.39. The molecule has 1 rings (SSSR count). The van der Waals surface area contributed by atoms with Crippen LogP contribution in [0.3, 0.4) is 0 Å². The van der Waals surface area contributed by atoms with Crippen LogP contribution in [-0.2, 0) is 32.7 Å². The Bertz CT molecular complexity index is 1020. The van der Waals surface area contributed by atoms with E-state index in [0.717, 1.165) is 44.9 Å². The van der Waals surface area contributed by atoms with Crippen molar-refractivity contribution in [2.45, 2.75) is 148 Å². The lowest BCUT2D eigenvalue weighted by molar-refractivity contribution is -0.160. The number of phosphoric acid groups is 1. The van der Waals surface area contributed by atoms with E-state index in [9.17, 15) is 39.5 Å². The van der Waals surface area contributed by atoms with Crippen LogP contribution in [0.15, 0.2) is 24.3 Å². The standard InChI is InChI=1S/C36H65O13P/c1-4-5-10-16-28(38)20-21-32-31(33(40)22-34(32)41)17-13-14-18-35(42)46-25-30(26-48-50(44,45)47-24-29(39)23-37)49-36(43)19-12-9-7-6-8-11-15-27(2)3/h13-14,20-21,27-34,37-41H,4-12,15-19,22-26H2,1-3H3,(H,44,45)/b14-13-,21-20+/t28-,29+,30-,31+,32-,33+,34-/m1/s1. The zero-order valence-electron chi connectivity index (χ0n) is 30.4. The lowest BCUT2D eigenvalue weighted by atomic mass is 9.89. The van der Waals surface area contributed by atoms with Gasteiger partial charge in [0.25, 0.3) is 0 Å². The summed E-state index contributed by atoms with van der Waals surface area (Å²) in [6.45, 7) is 4.06. The molecule has 1 unspecified atom stereocenters. The van der Waals surface area contributed by atoms with Crippen LogP contribution in [-0.4, -0.2) is 99.3 Å². The van der Waals surface area contributed by atoms with E-state index >= 15 is 0 Å². The van der Waals surface area contributed by atoms with Crippen molar-refractivity contribution in [3.63, 3.8) is 0 Å². The van der Waals surface area contributed by atoms with Crippen LogP contribution in [0, 0.1) is 17.8 Å². The third-order valence-corrected chi connectivity index (χ3v) is 9.59. The molecule has 6 N–H and O–H groups in total. The predicted octanol–water partition coefficient (Wildman–Crippen LogP) is 4.90. The molecule has 0 aromatic carbocycles. The fraction of sp³-hybridized carbons (Fsp3) is 0.833. The number of carbonyl (C=O) groups excluding carboxylic acids is 2. The molecule has 0 aromatic heterocycles. The lowest BCUT2D eigenvalue weighted by Crippen LogP contribution is -2.29. The fourth-order valence-electron chi connectivity index (χ4n) is 5.68. The number of allylic oxidation sites excluding steroid dienone is 1. The van der Waals surface area contributed by atoms with Crippen LogP contribution in [0.1, 0.15) is 117 Å². The highest BCUT2D eigenvalue weighted by molar-refractivity contribution is 7.47. The molecule has 1 aliphatic rings. The van der Waals surface area contributed by atoms with Gasteiger partial charge in [0.05, 0.1) is 44.6 Å². The Labute approximate surface area is 298 Å². The summed E-state index contributed by atoms with van der Waals surface area (Å²) in [5, 5.41) is 49.5. The number of aliphatic hydroxyl groups excluding tert-OH is 5. The first-order valence-electron chi connectivity index (χ1n) is 18.4. The van der Waals surface area contributed by atoms with Crippen LogP contribution < -0.4 is 0 Å². The van der Waals surface area contributed by atoms with Crippen molar-refractivity contribution in [2.75, 3.05) is 26.4 Å². The Balaban J connectivity index is 2.63. The highest BCUT2D eigenvalue weighted by Crippen LogP contribution is 2.43. The number of unbranched alkanes of at least 4 members (excludes halogenated alkanes) is 7. The monoisotopic (exact) mass is 736 g/mol. The molecule has 14 heteroatoms. The molecule has 0 amide bonds. The lowest BCUT2D eigenvalue weighted by Gasteiger charge is -2.20. The Morgan fingerprint density at radius 1 is 0.860 bits per heavy atom. The summed E-state index contributed by atoms with van der Waals surface area (Å²) >= 11 is 0. The molecule has 1 saturated carbocycles. The molecule has 292 valence electrons. The van der Waals surface area contributed by atoms with E-state index in [2.05, 4.69) is 25.3 Å². The topological polar surface area (TPSA) is 210 Å². The Hall–Kier alpha value is -1.67. The van der Waals surface area contributed by atoms with Crippen molar-refractivity contribution in [2.24, 2.45) is 17.8 Å². The Kier molecular flexibility index (Phi) is 25.0. The van der Waals surface area contributed by atoms with Gasteiger partial charge in [-0.3, -0.25) is 18.6 Å². The maximum absolute atomic E-state index is 12.5. The van der Waals surface area contributed by atoms with Crippen LogP contribution in [0.5, 0.6) is 0 Å². The average Bonchev–Trinajstić information content (AvgIpc) is 3.34. The molecule has 0 aromatic rings. The maximum Gasteiger partial charge on any atom is 0.472 e. The van der Waals surface area contributed by atoms with Gasteiger partial charge in [-0.2, -0.15) is 0 Å². The summed E-state index contributed by atoms with van der Waals surface area (Å²) in [5.74, 6) is -1.19. The van der Waals surface area contributed by atoms with E-state index in [4.69, 9.17) is 19.1 Å². The van der Waals surface area contributed by atoms with E-state index in [1.165, 1.54) is 12.8 Å². The van der Waals surface area contributed by atoms with Gasteiger partial charge in [-0.15, -0.1) is 0 Å². The largest absolute Gasteiger partial charge is 0.472 e. The minimum absolute atomic E-state index is 0.116. The zero-order chi connectivity index (χ0) is 37.4. The maximum atomic E-state index is 12.5. The van der Waals surface area contributed by atoms with Crippen molar-refractivity contribution in [1.82, 2.24) is 0 Å². The van der Waals surface area contributed by atoms with Gasteiger partial charge < -0.3 is 39.9 Å². The van der Waals surface area contributed by atoms with Crippen molar-refractivity contribution in [3.05, 3.63) is 24.3 Å². The summed E-state index contributed by atoms with van der Waals surface area (Å²) in [7, 11) is -4.69. The molecule has 0 bridgehead atoms. The molecule has 0 aliphatic heterocycles. The number of aliphatic hydroxyl groups is 5. The van der Waals surface area contributed by atoms with Gasteiger partial charge in [-0.25, -0.2) is 4.57 Å². The molecule has 1 aliphatic carbocycles. The number of hydrogen-bond acceptors (Lipinski definition) is 12. The smallest absolute Gasteiger partial charge is 0.461 e. The molecule has 50 heavy (non-hydrogen) atoms. The molecule has 1 fully saturated rings. The van der Waals surface area contributed by atoms with Gasteiger partial charge in [-0.1, -0.05) is 103 Å². The molecule has 0 radical (unpaired) electrons. The van der Waals surface area contributed by atoms with Crippen molar-refractivity contribution in [1.29, 1.82) is 0 Å². The predicted molar refractivity (Wildman–Crippen MR) is 189 cm³/mol. The fourth-order valence-corrected chi connectivity index (χ4v) is 6.47. The van der Waals surface area contributed by atoms with E-state index in [0.29, 0.717) is 25.2 Å². The van der Waals surface area contributed by atoms with Gasteiger partial charge >= 0.3 is 19.8 Å². The van der Waals surface area contributed by atoms with E-state index < -0.39 is 76.7 Å². The van der Waals surface area contributed by atoms with E-state index in [1.54, 1.807) is 24.3 Å². The second-order valence-electron chi connectivity index (χ2n) is 13.7. The molecular weight excluding hydrogens is 671 g/mol. The second kappa shape index (κ2) is 27.0. The summed E-state index contributed by atoms with van der Waals surface area (Å²) in [5.41, 5.74) is 0. The van der Waals surface area contributed by atoms with Crippen molar-refractivity contribution >= 4 is 19.8 Å². The summed E-state index contributed by atoms with van der Waals surface area (Å²) < 4.78 is 32.4. The number of ether oxygens (including phenoxy) is 2. The SMILES string of the molecule is CCCCC[C@@H](O)/C=C/[C@@H]1[C@H](C/C=C\CC(=O)OC[C@H](COP(=O)(O)OC[C@@H](O)CO)OC(=O)CCCCCCCCC(C)C)[C@@H](O)C[C@H]1O. The third-order valence-electron chi connectivity index (χ3n) is 8.64. The van der Waals surface area contributed by atoms with Crippen LogP contribution in [0.25, 0.3) is 0 Å². The first-order chi connectivity index (χ1) is 23.8. The minimum Gasteiger partial charge on any atom is -0.461 e. The second-order valence-corrected chi connectivity index (χ2v) is 15.2. The number of esters is 2. The van der Waals surface area contributed by atoms with Gasteiger partial charge in [0, 0.05) is 18.8 Å². The van der Waals surface area contributed by atoms with Crippen molar-refractivity contribution in [3.8, 4) is 0 Å². The molecule has 0 saturated heterocycles. The van der Waals surface area contributed by atoms with Gasteiger partial charge in [-0.05, 0) is 31.1 Å². The van der Waals surface area contributed by atoms with Crippen molar-refractivity contribution < 1.29 is 63.1 Å². The highest BCUT2D eigenvalue weighted by atomic mass is 31.2. The number of hydrogen-bond donors (Lipinski definition) is 6. The van der Waals surface area contributed by atoms with Gasteiger partial charge in [0.2, 0.25) is 0 Å². The summed E-state index contributed by atoms with van der Waals surface area (Å²) in [4.78, 5) is 34.9. The summed E-state index contributed by atoms with van der Waals surface area (Å²) in [6, 6.07) is 0. The van der Waals surface area contributed by atoms with Gasteiger partial charge in [0.15, 0.2) is 6.10 Å². The molecule has 8 atom stereocenters. The molecule has 0 spiro atoms. The number of carbonyl (C=O) groups is 2. The number of rotatable bonds is 29. The minimum atomic E-state index is -4.69. The normalized spacial score (nSPS) is 22.6. The van der Waals surface area contributed by atoms with Gasteiger partial charge in [0.1, 0.15) is 12.7 Å². The van der Waals surface area contributed by atoms with Crippen LogP contribution >= 0.6 is 7.82 Å². The average molecular weight is 737 g/mol. The Morgan fingerprint density at radius 3 is 2.20 bits per heavy atom. The van der Waals surface area contributed by atoms with E-state index in [-0.39, 0.29) is 31.1 Å². The quantitative estimate of drug-likeness (QED) is 0.0262. The zero-order valence-corrected chi connectivity index (χ0v) is 31.2. The molecule has 13 nitrogen and oxygen atoms in total. The summed E-state index contributed by atoms with van der Waals surface area (Å²) in [6.07, 6.45) is 13.3. The first kappa shape index (κ1) is 46.4. The van der Waals surface area contributed by atoms with E-state index in [1.807, 2.05) is 0 Å².